The summed E-state index contributed by atoms with van der Waals surface area (Å²) >= 11 is 0. The zero-order valence-electron chi connectivity index (χ0n) is 7.47. The van der Waals surface area contributed by atoms with Crippen molar-refractivity contribution in [2.75, 3.05) is 13.2 Å². The first-order valence-corrected chi connectivity index (χ1v) is 4.42. The van der Waals surface area contributed by atoms with Gasteiger partial charge in [0.2, 0.25) is 5.89 Å². The van der Waals surface area contributed by atoms with Crippen LogP contribution in [0.25, 0.3) is 0 Å². The number of rotatable bonds is 2. The fraction of sp³-hybridized carbons (Fsp3) is 0.625. The molecule has 0 aliphatic carbocycles. The molecular formula is C8H10N2O4. The first-order valence-electron chi connectivity index (χ1n) is 4.42. The number of nitrogens with zero attached hydrogens (tertiary/aromatic N) is 2. The lowest BCUT2D eigenvalue weighted by atomic mass is 10.0. The Hall–Kier alpha value is -1.43. The maximum Gasteiger partial charge on any atom is 0.377 e. The van der Waals surface area contributed by atoms with E-state index in [9.17, 15) is 4.79 Å². The summed E-state index contributed by atoms with van der Waals surface area (Å²) < 4.78 is 10.1. The van der Waals surface area contributed by atoms with Gasteiger partial charge in [-0.1, -0.05) is 0 Å². The average molecular weight is 198 g/mol. The number of aromatic carboxylic acids is 1. The summed E-state index contributed by atoms with van der Waals surface area (Å²) in [5, 5.41) is 11.9. The van der Waals surface area contributed by atoms with Crippen LogP contribution in [-0.4, -0.2) is 34.4 Å². The number of aromatic nitrogens is 2. The second-order valence-electron chi connectivity index (χ2n) is 3.18. The van der Waals surface area contributed by atoms with Crippen LogP contribution < -0.4 is 0 Å². The normalized spacial score (nSPS) is 22.1. The fourth-order valence-electron chi connectivity index (χ4n) is 1.42. The molecule has 14 heavy (non-hydrogen) atoms. The topological polar surface area (TPSA) is 85.5 Å². The minimum atomic E-state index is -1.17. The summed E-state index contributed by atoms with van der Waals surface area (Å²) in [6.07, 6.45) is 1.84. The third-order valence-electron chi connectivity index (χ3n) is 2.14. The molecule has 1 N–H and O–H groups in total. The molecule has 6 heteroatoms. The van der Waals surface area contributed by atoms with Gasteiger partial charge in [-0.3, -0.25) is 0 Å². The van der Waals surface area contributed by atoms with Crippen molar-refractivity contribution in [1.29, 1.82) is 0 Å². The molecule has 0 aromatic carbocycles. The summed E-state index contributed by atoms with van der Waals surface area (Å²) in [4.78, 5) is 14.3. The molecule has 6 nitrogen and oxygen atoms in total. The maximum atomic E-state index is 10.5. The van der Waals surface area contributed by atoms with E-state index in [0.29, 0.717) is 12.5 Å². The smallest absolute Gasteiger partial charge is 0.377 e. The predicted molar refractivity (Wildman–Crippen MR) is 44.1 cm³/mol. The van der Waals surface area contributed by atoms with Gasteiger partial charge in [0.25, 0.3) is 5.82 Å². The molecule has 1 unspecified atom stereocenters. The van der Waals surface area contributed by atoms with Gasteiger partial charge < -0.3 is 14.4 Å². The molecule has 1 aliphatic rings. The SMILES string of the molecule is O=C(O)c1noc(C2CCCOC2)n1. The van der Waals surface area contributed by atoms with Gasteiger partial charge in [-0.05, 0) is 18.0 Å². The molecule has 1 aliphatic heterocycles. The summed E-state index contributed by atoms with van der Waals surface area (Å²) in [5.41, 5.74) is 0. The van der Waals surface area contributed by atoms with Crippen molar-refractivity contribution in [2.45, 2.75) is 18.8 Å². The van der Waals surface area contributed by atoms with E-state index in [4.69, 9.17) is 14.4 Å². The molecule has 1 aromatic heterocycles. The van der Waals surface area contributed by atoms with Crippen molar-refractivity contribution in [1.82, 2.24) is 10.1 Å². The Morgan fingerprint density at radius 3 is 3.00 bits per heavy atom. The quantitative estimate of drug-likeness (QED) is 0.751. The van der Waals surface area contributed by atoms with Crippen LogP contribution in [0.1, 0.15) is 35.3 Å². The van der Waals surface area contributed by atoms with Crippen molar-refractivity contribution in [2.24, 2.45) is 0 Å². The number of carboxylic acid groups (broad SMARTS) is 1. The molecule has 76 valence electrons. The Kier molecular flexibility index (Phi) is 2.45. The van der Waals surface area contributed by atoms with E-state index in [2.05, 4.69) is 10.1 Å². The van der Waals surface area contributed by atoms with Gasteiger partial charge in [0.05, 0.1) is 12.5 Å². The van der Waals surface area contributed by atoms with Gasteiger partial charge in [0, 0.05) is 6.61 Å². The van der Waals surface area contributed by atoms with Gasteiger partial charge in [-0.15, -0.1) is 0 Å². The predicted octanol–water partition coefficient (Wildman–Crippen LogP) is 0.662. The molecule has 1 aromatic rings. The van der Waals surface area contributed by atoms with Gasteiger partial charge in [0.15, 0.2) is 0 Å². The Morgan fingerprint density at radius 1 is 1.57 bits per heavy atom. The van der Waals surface area contributed by atoms with Crippen molar-refractivity contribution in [3.05, 3.63) is 11.7 Å². The molecular weight excluding hydrogens is 188 g/mol. The van der Waals surface area contributed by atoms with Crippen molar-refractivity contribution in [3.63, 3.8) is 0 Å². The lowest BCUT2D eigenvalue weighted by Gasteiger charge is -2.17. The summed E-state index contributed by atoms with van der Waals surface area (Å²) in [6, 6.07) is 0. The molecule has 1 atom stereocenters. The molecule has 1 fully saturated rings. The van der Waals surface area contributed by atoms with Crippen LogP contribution in [-0.2, 0) is 4.74 Å². The van der Waals surface area contributed by atoms with Crippen molar-refractivity contribution in [3.8, 4) is 0 Å². The largest absolute Gasteiger partial charge is 0.475 e. The van der Waals surface area contributed by atoms with E-state index in [-0.39, 0.29) is 11.7 Å². The zero-order chi connectivity index (χ0) is 9.97. The summed E-state index contributed by atoms with van der Waals surface area (Å²) in [5.74, 6) is -1.05. The molecule has 1 saturated heterocycles. The highest BCUT2D eigenvalue weighted by Gasteiger charge is 2.23. The van der Waals surface area contributed by atoms with E-state index < -0.39 is 5.97 Å². The van der Waals surface area contributed by atoms with Crippen molar-refractivity contribution < 1.29 is 19.2 Å². The number of carbonyl (C=O) groups is 1. The standard InChI is InChI=1S/C8H10N2O4/c11-8(12)6-9-7(14-10-6)5-2-1-3-13-4-5/h5H,1-4H2,(H,11,12). The fourth-order valence-corrected chi connectivity index (χ4v) is 1.42. The van der Waals surface area contributed by atoms with Crippen LogP contribution in [0.3, 0.4) is 0 Å². The Labute approximate surface area is 79.9 Å². The lowest BCUT2D eigenvalue weighted by molar-refractivity contribution is 0.0680. The van der Waals surface area contributed by atoms with E-state index in [1.807, 2.05) is 0 Å². The summed E-state index contributed by atoms with van der Waals surface area (Å²) in [7, 11) is 0. The van der Waals surface area contributed by atoms with Crippen LogP contribution in [0.5, 0.6) is 0 Å². The zero-order valence-corrected chi connectivity index (χ0v) is 7.47. The highest BCUT2D eigenvalue weighted by Crippen LogP contribution is 2.23. The Bertz CT molecular complexity index is 330. The van der Waals surface area contributed by atoms with Crippen LogP contribution in [0, 0.1) is 0 Å². The Balaban J connectivity index is 2.11. The number of hydrogen-bond donors (Lipinski definition) is 1. The van der Waals surface area contributed by atoms with Gasteiger partial charge in [-0.25, -0.2) is 4.79 Å². The third kappa shape index (κ3) is 1.74. The number of hydrogen-bond acceptors (Lipinski definition) is 5. The van der Waals surface area contributed by atoms with Crippen molar-refractivity contribution >= 4 is 5.97 Å². The van der Waals surface area contributed by atoms with E-state index in [0.717, 1.165) is 19.4 Å². The van der Waals surface area contributed by atoms with Crippen LogP contribution in [0.2, 0.25) is 0 Å². The van der Waals surface area contributed by atoms with Gasteiger partial charge in [0.1, 0.15) is 0 Å². The highest BCUT2D eigenvalue weighted by molar-refractivity contribution is 5.82. The number of carboxylic acids is 1. The van der Waals surface area contributed by atoms with Crippen LogP contribution >= 0.6 is 0 Å². The molecule has 0 spiro atoms. The van der Waals surface area contributed by atoms with Gasteiger partial charge in [-0.2, -0.15) is 4.98 Å². The second-order valence-corrected chi connectivity index (χ2v) is 3.18. The third-order valence-corrected chi connectivity index (χ3v) is 2.14. The first-order chi connectivity index (χ1) is 6.77. The van der Waals surface area contributed by atoms with Crippen LogP contribution in [0.4, 0.5) is 0 Å². The molecule has 2 heterocycles. The molecule has 0 bridgehead atoms. The average Bonchev–Trinajstić information content (AvgIpc) is 2.68. The lowest BCUT2D eigenvalue weighted by Crippen LogP contribution is -2.15. The molecule has 0 radical (unpaired) electrons. The van der Waals surface area contributed by atoms with Crippen LogP contribution in [0.15, 0.2) is 4.52 Å². The summed E-state index contributed by atoms with van der Waals surface area (Å²) in [6.45, 7) is 1.28. The van der Waals surface area contributed by atoms with E-state index in [1.54, 1.807) is 0 Å². The minimum Gasteiger partial charge on any atom is -0.475 e. The molecule has 2 rings (SSSR count). The monoisotopic (exact) mass is 198 g/mol. The maximum absolute atomic E-state index is 10.5. The first kappa shape index (κ1) is 9.14. The molecule has 0 saturated carbocycles. The van der Waals surface area contributed by atoms with E-state index >= 15 is 0 Å². The van der Waals surface area contributed by atoms with E-state index in [1.165, 1.54) is 0 Å². The number of ether oxygens (including phenoxy) is 1. The highest BCUT2D eigenvalue weighted by atomic mass is 16.5. The minimum absolute atomic E-state index is 0.0457. The molecule has 0 amide bonds. The Morgan fingerprint density at radius 2 is 2.43 bits per heavy atom. The second kappa shape index (κ2) is 3.75. The van der Waals surface area contributed by atoms with Gasteiger partial charge >= 0.3 is 5.97 Å².